The summed E-state index contributed by atoms with van der Waals surface area (Å²) < 4.78 is 5.82. The van der Waals surface area contributed by atoms with E-state index in [1.807, 2.05) is 17.0 Å². The Morgan fingerprint density at radius 1 is 0.953 bits per heavy atom. The Morgan fingerprint density at radius 3 is 2.30 bits per heavy atom. The van der Waals surface area contributed by atoms with Gasteiger partial charge in [0.1, 0.15) is 17.3 Å². The van der Waals surface area contributed by atoms with Gasteiger partial charge in [-0.05, 0) is 75.8 Å². The molecule has 3 fully saturated rings. The number of piperazine rings is 1. The van der Waals surface area contributed by atoms with Gasteiger partial charge in [0.05, 0.1) is 12.2 Å². The smallest absolute Gasteiger partial charge is 0.251 e. The molecule has 4 rings (SSSR count). The van der Waals surface area contributed by atoms with Crippen molar-refractivity contribution in [3.63, 3.8) is 0 Å². The molecule has 2 aliphatic heterocycles. The lowest BCUT2D eigenvalue weighted by molar-refractivity contribution is -0.163. The average molecular weight is 599 g/mol. The fourth-order valence-electron chi connectivity index (χ4n) is 7.10. The topological polar surface area (TPSA) is 111 Å². The minimum absolute atomic E-state index is 0.00499. The van der Waals surface area contributed by atoms with Gasteiger partial charge >= 0.3 is 0 Å². The zero-order chi connectivity index (χ0) is 30.7. The lowest BCUT2D eigenvalue weighted by Gasteiger charge is -2.52. The minimum atomic E-state index is -0.843. The van der Waals surface area contributed by atoms with Crippen LogP contribution in [0.25, 0.3) is 0 Å². The van der Waals surface area contributed by atoms with E-state index in [2.05, 4.69) is 22.5 Å². The molecule has 2 saturated heterocycles. The number of hydrogen-bond donors (Lipinski definition) is 3. The molecule has 0 unspecified atom stereocenters. The van der Waals surface area contributed by atoms with Gasteiger partial charge in [0.15, 0.2) is 0 Å². The number of ether oxygens (including phenoxy) is 1. The van der Waals surface area contributed by atoms with Crippen LogP contribution < -0.4 is 15.4 Å². The van der Waals surface area contributed by atoms with Crippen molar-refractivity contribution in [2.45, 2.75) is 120 Å². The van der Waals surface area contributed by atoms with Gasteiger partial charge in [-0.1, -0.05) is 51.9 Å². The highest BCUT2D eigenvalue weighted by Gasteiger charge is 2.54. The third-order valence-electron chi connectivity index (χ3n) is 9.83. The Kier molecular flexibility index (Phi) is 12.3. The molecule has 1 saturated carbocycles. The van der Waals surface area contributed by atoms with Crippen molar-refractivity contribution in [2.24, 2.45) is 0 Å². The number of nitrogens with zero attached hydrogens (tertiary/aromatic N) is 2. The molecule has 1 atom stereocenters. The highest BCUT2D eigenvalue weighted by Crippen LogP contribution is 2.37. The zero-order valence-electron chi connectivity index (χ0n) is 26.5. The highest BCUT2D eigenvalue weighted by atomic mass is 16.5. The number of carbonyl (C=O) groups is 3. The van der Waals surface area contributed by atoms with Crippen LogP contribution in [-0.2, 0) is 9.59 Å². The molecule has 1 aromatic rings. The number of aliphatic hydroxyl groups is 1. The first-order valence-electron chi connectivity index (χ1n) is 16.8. The van der Waals surface area contributed by atoms with Crippen LogP contribution in [0.5, 0.6) is 5.75 Å². The molecule has 1 spiro atoms. The number of likely N-dealkylation sites (tertiary alicyclic amines) is 1. The molecule has 9 nitrogen and oxygen atoms in total. The summed E-state index contributed by atoms with van der Waals surface area (Å²) in [6, 6.07) is 6.61. The van der Waals surface area contributed by atoms with E-state index in [9.17, 15) is 19.5 Å². The quantitative estimate of drug-likeness (QED) is 0.258. The third-order valence-corrected chi connectivity index (χ3v) is 9.83. The summed E-state index contributed by atoms with van der Waals surface area (Å²) in [5, 5.41) is 16.8. The molecule has 0 aromatic heterocycles. The van der Waals surface area contributed by atoms with Crippen LogP contribution in [0, 0.1) is 0 Å². The third kappa shape index (κ3) is 8.72. The van der Waals surface area contributed by atoms with Crippen molar-refractivity contribution in [3.05, 3.63) is 29.8 Å². The monoisotopic (exact) mass is 598 g/mol. The molecule has 43 heavy (non-hydrogen) atoms. The maximum absolute atomic E-state index is 13.8. The number of nitrogens with one attached hydrogen (secondary N) is 2. The first-order valence-corrected chi connectivity index (χ1v) is 16.8. The summed E-state index contributed by atoms with van der Waals surface area (Å²) in [6.45, 7) is 6.07. The van der Waals surface area contributed by atoms with Gasteiger partial charge in [0.25, 0.3) is 5.91 Å². The van der Waals surface area contributed by atoms with Gasteiger partial charge in [-0.3, -0.25) is 14.4 Å². The first-order chi connectivity index (χ1) is 20.8. The van der Waals surface area contributed by atoms with Gasteiger partial charge in [-0.2, -0.15) is 0 Å². The lowest BCUT2D eigenvalue weighted by Crippen LogP contribution is -2.73. The maximum atomic E-state index is 13.8. The largest absolute Gasteiger partial charge is 0.494 e. The van der Waals surface area contributed by atoms with Crippen LogP contribution in [0.2, 0.25) is 0 Å². The molecular weight excluding hydrogens is 544 g/mol. The van der Waals surface area contributed by atoms with Crippen molar-refractivity contribution in [1.82, 2.24) is 20.4 Å². The maximum Gasteiger partial charge on any atom is 0.251 e. The van der Waals surface area contributed by atoms with Crippen LogP contribution in [0.1, 0.15) is 114 Å². The number of unbranched alkanes of at least 4 members (excludes halogenated alkanes) is 5. The molecule has 9 heteroatoms. The van der Waals surface area contributed by atoms with Gasteiger partial charge in [0.2, 0.25) is 11.8 Å². The van der Waals surface area contributed by atoms with E-state index >= 15 is 0 Å². The van der Waals surface area contributed by atoms with Crippen LogP contribution in [0.4, 0.5) is 0 Å². The molecule has 3 N–H and O–H groups in total. The second-order valence-corrected chi connectivity index (χ2v) is 13.0. The highest BCUT2D eigenvalue weighted by molar-refractivity contribution is 6.00. The Bertz CT molecular complexity index is 1050. The summed E-state index contributed by atoms with van der Waals surface area (Å²) in [4.78, 5) is 43.4. The molecule has 240 valence electrons. The lowest BCUT2D eigenvalue weighted by atomic mass is 9.77. The number of amides is 3. The van der Waals surface area contributed by atoms with Crippen molar-refractivity contribution in [2.75, 3.05) is 39.8 Å². The summed E-state index contributed by atoms with van der Waals surface area (Å²) in [7, 11) is 1.62. The van der Waals surface area contributed by atoms with E-state index in [-0.39, 0.29) is 17.7 Å². The van der Waals surface area contributed by atoms with Crippen molar-refractivity contribution in [3.8, 4) is 5.75 Å². The van der Waals surface area contributed by atoms with Crippen LogP contribution in [0.15, 0.2) is 24.3 Å². The van der Waals surface area contributed by atoms with Gasteiger partial charge in [0, 0.05) is 38.7 Å². The Morgan fingerprint density at radius 2 is 1.63 bits per heavy atom. The number of hydrogen-bond acceptors (Lipinski definition) is 6. The van der Waals surface area contributed by atoms with E-state index < -0.39 is 17.2 Å². The average Bonchev–Trinajstić information content (AvgIpc) is 3.02. The van der Waals surface area contributed by atoms with E-state index in [4.69, 9.17) is 4.74 Å². The summed E-state index contributed by atoms with van der Waals surface area (Å²) in [5.41, 5.74) is -0.969. The summed E-state index contributed by atoms with van der Waals surface area (Å²) in [6.07, 6.45) is 13.6. The number of rotatable bonds is 15. The standard InChI is InChI=1S/C34H54N4O5/c1-3-4-22-38-31(40)29(26-33(42)17-9-8-10-18-33)36-32(41)34(38)19-23-37(24-20-34)21-11-6-5-7-12-25-43-28-15-13-27(14-16-28)30(39)35-2/h13-16,29,42H,3-12,17-26H2,1-2H3,(H,35,39)(H,36,41)/t29-/m1/s1. The molecule has 1 aromatic carbocycles. The van der Waals surface area contributed by atoms with Crippen LogP contribution >= 0.6 is 0 Å². The normalized spacial score (nSPS) is 21.9. The fraction of sp³-hybridized carbons (Fsp3) is 0.735. The predicted octanol–water partition coefficient (Wildman–Crippen LogP) is 4.42. The Hall–Kier alpha value is -2.65. The van der Waals surface area contributed by atoms with Gasteiger partial charge in [-0.25, -0.2) is 0 Å². The first kappa shape index (κ1) is 33.2. The van der Waals surface area contributed by atoms with Crippen molar-refractivity contribution >= 4 is 17.7 Å². The van der Waals surface area contributed by atoms with E-state index in [1.54, 1.807) is 19.2 Å². The van der Waals surface area contributed by atoms with E-state index in [1.165, 1.54) is 0 Å². The molecule has 2 heterocycles. The number of piperidine rings is 1. The summed E-state index contributed by atoms with van der Waals surface area (Å²) >= 11 is 0. The van der Waals surface area contributed by atoms with Gasteiger partial charge in [-0.15, -0.1) is 0 Å². The summed E-state index contributed by atoms with van der Waals surface area (Å²) in [5.74, 6) is 0.676. The molecule has 0 bridgehead atoms. The second kappa shape index (κ2) is 15.9. The van der Waals surface area contributed by atoms with Crippen molar-refractivity contribution in [1.29, 1.82) is 0 Å². The molecular formula is C34H54N4O5. The van der Waals surface area contributed by atoms with E-state index in [0.29, 0.717) is 50.8 Å². The van der Waals surface area contributed by atoms with Crippen molar-refractivity contribution < 1.29 is 24.2 Å². The molecule has 0 radical (unpaired) electrons. The predicted molar refractivity (Wildman–Crippen MR) is 168 cm³/mol. The van der Waals surface area contributed by atoms with Crippen LogP contribution in [0.3, 0.4) is 0 Å². The van der Waals surface area contributed by atoms with Crippen LogP contribution in [-0.4, -0.2) is 89.6 Å². The fourth-order valence-corrected chi connectivity index (χ4v) is 7.10. The minimum Gasteiger partial charge on any atom is -0.494 e. The number of carbonyl (C=O) groups excluding carboxylic acids is 3. The Balaban J connectivity index is 1.16. The molecule has 3 aliphatic rings. The SMILES string of the molecule is CCCCN1C(=O)[C@@H](CC2(O)CCCCC2)NC(=O)C12CCN(CCCCCCCOc1ccc(C(=O)NC)cc1)CC2. The van der Waals surface area contributed by atoms with E-state index in [0.717, 1.165) is 89.6 Å². The molecule has 3 amide bonds. The molecule has 1 aliphatic carbocycles. The Labute approximate surface area is 258 Å². The number of benzene rings is 1. The van der Waals surface area contributed by atoms with Gasteiger partial charge < -0.3 is 30.3 Å². The zero-order valence-corrected chi connectivity index (χ0v) is 26.5. The second-order valence-electron chi connectivity index (χ2n) is 13.0.